The van der Waals surface area contributed by atoms with E-state index in [0.717, 1.165) is 35.7 Å². The summed E-state index contributed by atoms with van der Waals surface area (Å²) in [5, 5.41) is 0. The molecule has 1 aromatic carbocycles. The number of primary amides is 1. The number of piperidine rings is 1. The van der Waals surface area contributed by atoms with E-state index in [2.05, 4.69) is 28.1 Å². The Morgan fingerprint density at radius 3 is 2.17 bits per heavy atom. The number of carbonyl (C=O) groups is 2. The van der Waals surface area contributed by atoms with Crippen LogP contribution in [-0.4, -0.2) is 29.8 Å². The molecule has 3 rings (SSSR count). The summed E-state index contributed by atoms with van der Waals surface area (Å²) in [7, 11) is 0. The molecule has 2 amide bonds. The summed E-state index contributed by atoms with van der Waals surface area (Å²) in [6.45, 7) is 1.29. The minimum Gasteiger partial charge on any atom is -0.369 e. The molecule has 0 atom stereocenters. The number of hydrogen-bond acceptors (Lipinski definition) is 2. The fourth-order valence-electron chi connectivity index (χ4n) is 4.04. The van der Waals surface area contributed by atoms with Gasteiger partial charge in [-0.15, -0.1) is 0 Å². The van der Waals surface area contributed by atoms with Gasteiger partial charge in [-0.1, -0.05) is 40.9 Å². The molecule has 5 heteroatoms. The lowest BCUT2D eigenvalue weighted by molar-refractivity contribution is -0.140. The largest absolute Gasteiger partial charge is 0.369 e. The zero-order chi connectivity index (χ0) is 16.4. The number of nitrogens with zero attached hydrogens (tertiary/aromatic N) is 1. The van der Waals surface area contributed by atoms with Crippen molar-refractivity contribution in [3.8, 4) is 0 Å². The van der Waals surface area contributed by atoms with Gasteiger partial charge in [0.2, 0.25) is 11.8 Å². The van der Waals surface area contributed by atoms with Crippen LogP contribution in [0.1, 0.15) is 44.1 Å². The molecule has 1 saturated heterocycles. The summed E-state index contributed by atoms with van der Waals surface area (Å²) in [5.41, 5.74) is 6.15. The molecule has 0 spiro atoms. The van der Waals surface area contributed by atoms with Crippen LogP contribution >= 0.6 is 15.9 Å². The van der Waals surface area contributed by atoms with Gasteiger partial charge in [0.15, 0.2) is 0 Å². The smallest absolute Gasteiger partial charge is 0.233 e. The summed E-state index contributed by atoms with van der Waals surface area (Å²) in [6, 6.07) is 8.18. The molecule has 1 aliphatic heterocycles. The number of likely N-dealkylation sites (tertiary alicyclic amines) is 1. The highest BCUT2D eigenvalue weighted by Gasteiger charge is 2.45. The van der Waals surface area contributed by atoms with E-state index < -0.39 is 0 Å². The zero-order valence-electron chi connectivity index (χ0n) is 13.3. The van der Waals surface area contributed by atoms with Crippen molar-refractivity contribution in [2.45, 2.75) is 43.9 Å². The summed E-state index contributed by atoms with van der Waals surface area (Å²) in [6.07, 6.45) is 5.42. The van der Waals surface area contributed by atoms with Crippen molar-refractivity contribution in [3.05, 3.63) is 34.3 Å². The minimum atomic E-state index is -0.375. The Morgan fingerprint density at radius 2 is 1.65 bits per heavy atom. The lowest BCUT2D eigenvalue weighted by Gasteiger charge is -2.38. The molecule has 0 radical (unpaired) electrons. The van der Waals surface area contributed by atoms with Crippen LogP contribution in [0, 0.1) is 5.92 Å². The predicted octanol–water partition coefficient (Wildman–Crippen LogP) is 2.98. The van der Waals surface area contributed by atoms with Gasteiger partial charge in [0.05, 0.1) is 5.41 Å². The second-order valence-corrected chi connectivity index (χ2v) is 7.68. The van der Waals surface area contributed by atoms with Gasteiger partial charge in [-0.05, 0) is 43.4 Å². The first-order chi connectivity index (χ1) is 11.0. The van der Waals surface area contributed by atoms with E-state index in [1.165, 1.54) is 0 Å². The number of rotatable bonds is 3. The standard InChI is InChI=1S/C18H23BrN2O2/c19-15-5-3-14(4-6-15)18(9-1-2-10-18)17(23)21-11-7-13(8-12-21)16(20)22/h3-6,13H,1-2,7-12H2,(H2,20,22). The highest BCUT2D eigenvalue weighted by atomic mass is 79.9. The minimum absolute atomic E-state index is 0.0775. The van der Waals surface area contributed by atoms with Crippen LogP contribution < -0.4 is 5.73 Å². The topological polar surface area (TPSA) is 63.4 Å². The van der Waals surface area contributed by atoms with Crippen LogP contribution in [0.25, 0.3) is 0 Å². The number of nitrogens with two attached hydrogens (primary N) is 1. The van der Waals surface area contributed by atoms with Gasteiger partial charge < -0.3 is 10.6 Å². The predicted molar refractivity (Wildman–Crippen MR) is 92.8 cm³/mol. The Bertz CT molecular complexity index is 586. The highest BCUT2D eigenvalue weighted by Crippen LogP contribution is 2.43. The molecule has 2 N–H and O–H groups in total. The summed E-state index contributed by atoms with van der Waals surface area (Å²) in [5.74, 6) is -0.0768. The molecule has 2 fully saturated rings. The van der Waals surface area contributed by atoms with Gasteiger partial charge in [0, 0.05) is 23.5 Å². The summed E-state index contributed by atoms with van der Waals surface area (Å²) in [4.78, 5) is 26.6. The van der Waals surface area contributed by atoms with Gasteiger partial charge >= 0.3 is 0 Å². The normalized spacial score (nSPS) is 21.3. The Kier molecular flexibility index (Phi) is 4.76. The molecular formula is C18H23BrN2O2. The van der Waals surface area contributed by atoms with Crippen LogP contribution in [-0.2, 0) is 15.0 Å². The Labute approximate surface area is 145 Å². The maximum Gasteiger partial charge on any atom is 0.233 e. The Hall–Kier alpha value is -1.36. The van der Waals surface area contributed by atoms with E-state index in [0.29, 0.717) is 25.9 Å². The fraction of sp³-hybridized carbons (Fsp3) is 0.556. The molecular weight excluding hydrogens is 356 g/mol. The number of halogens is 1. The number of hydrogen-bond donors (Lipinski definition) is 1. The molecule has 0 bridgehead atoms. The van der Waals surface area contributed by atoms with Crippen molar-refractivity contribution in [1.29, 1.82) is 0 Å². The number of carbonyl (C=O) groups excluding carboxylic acids is 2. The van der Waals surface area contributed by atoms with Gasteiger partial charge in [-0.3, -0.25) is 9.59 Å². The van der Waals surface area contributed by atoms with Crippen LogP contribution in [0.5, 0.6) is 0 Å². The third-order valence-electron chi connectivity index (χ3n) is 5.45. The Morgan fingerprint density at radius 1 is 1.09 bits per heavy atom. The van der Waals surface area contributed by atoms with E-state index in [1.807, 2.05) is 17.0 Å². The molecule has 2 aliphatic rings. The molecule has 1 aromatic rings. The maximum atomic E-state index is 13.3. The van der Waals surface area contributed by atoms with Crippen molar-refractivity contribution >= 4 is 27.7 Å². The lowest BCUT2D eigenvalue weighted by atomic mass is 9.77. The SMILES string of the molecule is NC(=O)C1CCN(C(=O)C2(c3ccc(Br)cc3)CCCC2)CC1. The van der Waals surface area contributed by atoms with Gasteiger partial charge in [0.25, 0.3) is 0 Å². The maximum absolute atomic E-state index is 13.3. The highest BCUT2D eigenvalue weighted by molar-refractivity contribution is 9.10. The Balaban J connectivity index is 1.80. The van der Waals surface area contributed by atoms with Crippen molar-refractivity contribution in [2.24, 2.45) is 11.7 Å². The second kappa shape index (κ2) is 6.63. The van der Waals surface area contributed by atoms with Crippen molar-refractivity contribution in [3.63, 3.8) is 0 Å². The van der Waals surface area contributed by atoms with Crippen LogP contribution in [0.15, 0.2) is 28.7 Å². The molecule has 1 heterocycles. The van der Waals surface area contributed by atoms with E-state index >= 15 is 0 Å². The number of amides is 2. The fourth-order valence-corrected chi connectivity index (χ4v) is 4.31. The molecule has 23 heavy (non-hydrogen) atoms. The first kappa shape index (κ1) is 16.5. The van der Waals surface area contributed by atoms with Crippen molar-refractivity contribution in [2.75, 3.05) is 13.1 Å². The zero-order valence-corrected chi connectivity index (χ0v) is 14.8. The average molecular weight is 379 g/mol. The second-order valence-electron chi connectivity index (χ2n) is 6.76. The van der Waals surface area contributed by atoms with Crippen LogP contribution in [0.4, 0.5) is 0 Å². The van der Waals surface area contributed by atoms with Gasteiger partial charge in [-0.25, -0.2) is 0 Å². The molecule has 124 valence electrons. The average Bonchev–Trinajstić information content (AvgIpc) is 3.06. The van der Waals surface area contributed by atoms with E-state index in [9.17, 15) is 9.59 Å². The van der Waals surface area contributed by atoms with Crippen LogP contribution in [0.2, 0.25) is 0 Å². The third-order valence-corrected chi connectivity index (χ3v) is 5.98. The third kappa shape index (κ3) is 3.16. The van der Waals surface area contributed by atoms with Crippen molar-refractivity contribution in [1.82, 2.24) is 4.90 Å². The van der Waals surface area contributed by atoms with E-state index in [1.54, 1.807) is 0 Å². The molecule has 1 saturated carbocycles. The molecule has 0 aromatic heterocycles. The van der Waals surface area contributed by atoms with Gasteiger partial charge in [0.1, 0.15) is 0 Å². The summed E-state index contributed by atoms with van der Waals surface area (Å²) >= 11 is 3.47. The number of benzene rings is 1. The first-order valence-corrected chi connectivity index (χ1v) is 9.17. The quantitative estimate of drug-likeness (QED) is 0.878. The van der Waals surface area contributed by atoms with Crippen LogP contribution in [0.3, 0.4) is 0 Å². The monoisotopic (exact) mass is 378 g/mol. The van der Waals surface area contributed by atoms with Gasteiger partial charge in [-0.2, -0.15) is 0 Å². The van der Waals surface area contributed by atoms with E-state index in [-0.39, 0.29) is 23.1 Å². The van der Waals surface area contributed by atoms with Crippen molar-refractivity contribution < 1.29 is 9.59 Å². The lowest BCUT2D eigenvalue weighted by Crippen LogP contribution is -2.49. The molecule has 0 unspecified atom stereocenters. The molecule has 1 aliphatic carbocycles. The molecule has 4 nitrogen and oxygen atoms in total. The van der Waals surface area contributed by atoms with E-state index in [4.69, 9.17) is 5.73 Å². The summed E-state index contributed by atoms with van der Waals surface area (Å²) < 4.78 is 1.03. The first-order valence-electron chi connectivity index (χ1n) is 8.38.